The van der Waals surface area contributed by atoms with E-state index in [9.17, 15) is 4.79 Å². The molecule has 0 aromatic heterocycles. The number of benzene rings is 1. The molecule has 108 valence electrons. The fourth-order valence-electron chi connectivity index (χ4n) is 1.08. The number of hydrogen-bond acceptors (Lipinski definition) is 6. The van der Waals surface area contributed by atoms with Crippen LogP contribution in [0.25, 0.3) is 0 Å². The van der Waals surface area contributed by atoms with Crippen molar-refractivity contribution < 1.29 is 28.8 Å². The minimum Gasteiger partial charge on any atom is -0.465 e. The summed E-state index contributed by atoms with van der Waals surface area (Å²) in [6.07, 6.45) is 2.21. The number of carbonyl (C=O) groups is 1. The molecule has 0 saturated heterocycles. The Bertz CT molecular complexity index is 426. The van der Waals surface area contributed by atoms with Crippen LogP contribution >= 0.6 is 0 Å². The SMILES string of the molecule is C=CCOOCOc1ccc(OC(=O)OCC=C)cc1. The van der Waals surface area contributed by atoms with Gasteiger partial charge in [0.05, 0.1) is 0 Å². The topological polar surface area (TPSA) is 63.2 Å². The van der Waals surface area contributed by atoms with E-state index in [4.69, 9.17) is 14.4 Å². The van der Waals surface area contributed by atoms with Crippen LogP contribution in [0.3, 0.4) is 0 Å². The predicted octanol–water partition coefficient (Wildman–Crippen LogP) is 2.86. The summed E-state index contributed by atoms with van der Waals surface area (Å²) in [5.41, 5.74) is 0. The van der Waals surface area contributed by atoms with Gasteiger partial charge in [0.2, 0.25) is 6.79 Å². The van der Waals surface area contributed by atoms with E-state index in [1.807, 2.05) is 0 Å². The van der Waals surface area contributed by atoms with Crippen molar-refractivity contribution in [1.82, 2.24) is 0 Å². The second kappa shape index (κ2) is 9.60. The van der Waals surface area contributed by atoms with Crippen LogP contribution in [-0.2, 0) is 14.5 Å². The molecule has 0 radical (unpaired) electrons. The highest BCUT2D eigenvalue weighted by molar-refractivity contribution is 5.63. The van der Waals surface area contributed by atoms with E-state index in [0.29, 0.717) is 11.5 Å². The zero-order chi connectivity index (χ0) is 14.6. The highest BCUT2D eigenvalue weighted by atomic mass is 17.2. The van der Waals surface area contributed by atoms with Crippen molar-refractivity contribution in [2.45, 2.75) is 0 Å². The molecule has 0 spiro atoms. The molecule has 0 amide bonds. The lowest BCUT2D eigenvalue weighted by Gasteiger charge is -2.07. The third-order valence-electron chi connectivity index (χ3n) is 1.89. The lowest BCUT2D eigenvalue weighted by atomic mass is 10.3. The first-order chi connectivity index (χ1) is 9.76. The van der Waals surface area contributed by atoms with Gasteiger partial charge in [-0.25, -0.2) is 9.68 Å². The first-order valence-electron chi connectivity index (χ1n) is 5.80. The lowest BCUT2D eigenvalue weighted by Crippen LogP contribution is -2.10. The zero-order valence-corrected chi connectivity index (χ0v) is 10.9. The molecule has 0 heterocycles. The Labute approximate surface area is 117 Å². The highest BCUT2D eigenvalue weighted by Crippen LogP contribution is 2.18. The van der Waals surface area contributed by atoms with Crippen molar-refractivity contribution in [2.75, 3.05) is 20.0 Å². The van der Waals surface area contributed by atoms with E-state index >= 15 is 0 Å². The number of ether oxygens (including phenoxy) is 3. The van der Waals surface area contributed by atoms with Gasteiger partial charge in [-0.05, 0) is 24.3 Å². The molecule has 0 aliphatic carbocycles. The van der Waals surface area contributed by atoms with E-state index in [2.05, 4.69) is 22.8 Å². The van der Waals surface area contributed by atoms with Crippen molar-refractivity contribution in [3.8, 4) is 11.5 Å². The Morgan fingerprint density at radius 2 is 1.65 bits per heavy atom. The van der Waals surface area contributed by atoms with Crippen molar-refractivity contribution in [2.24, 2.45) is 0 Å². The van der Waals surface area contributed by atoms with Crippen molar-refractivity contribution in [3.63, 3.8) is 0 Å². The first-order valence-corrected chi connectivity index (χ1v) is 5.80. The van der Waals surface area contributed by atoms with Gasteiger partial charge >= 0.3 is 6.16 Å². The Morgan fingerprint density at radius 1 is 1.00 bits per heavy atom. The van der Waals surface area contributed by atoms with Crippen LogP contribution in [0, 0.1) is 0 Å². The third-order valence-corrected chi connectivity index (χ3v) is 1.89. The first kappa shape index (κ1) is 15.7. The molecule has 1 aromatic carbocycles. The maximum Gasteiger partial charge on any atom is 0.514 e. The summed E-state index contributed by atoms with van der Waals surface area (Å²) in [4.78, 5) is 20.6. The van der Waals surface area contributed by atoms with Gasteiger partial charge in [-0.3, -0.25) is 0 Å². The van der Waals surface area contributed by atoms with Crippen LogP contribution in [0.5, 0.6) is 11.5 Å². The van der Waals surface area contributed by atoms with Gasteiger partial charge in [-0.1, -0.05) is 18.7 Å². The van der Waals surface area contributed by atoms with E-state index in [-0.39, 0.29) is 20.0 Å². The minimum absolute atomic E-state index is 0.0601. The largest absolute Gasteiger partial charge is 0.514 e. The molecule has 0 aliphatic heterocycles. The van der Waals surface area contributed by atoms with Crippen molar-refractivity contribution in [1.29, 1.82) is 0 Å². The smallest absolute Gasteiger partial charge is 0.465 e. The van der Waals surface area contributed by atoms with Crippen LogP contribution in [0.4, 0.5) is 4.79 Å². The molecule has 0 fully saturated rings. The molecular formula is C14H16O6. The maximum atomic E-state index is 11.2. The summed E-state index contributed by atoms with van der Waals surface area (Å²) in [6, 6.07) is 6.37. The Kier molecular flexibility index (Phi) is 7.56. The van der Waals surface area contributed by atoms with Gasteiger partial charge in [0.1, 0.15) is 24.7 Å². The van der Waals surface area contributed by atoms with Gasteiger partial charge in [-0.2, -0.15) is 4.89 Å². The average Bonchev–Trinajstić information content (AvgIpc) is 2.46. The van der Waals surface area contributed by atoms with Gasteiger partial charge in [0, 0.05) is 0 Å². The van der Waals surface area contributed by atoms with Gasteiger partial charge < -0.3 is 14.2 Å². The van der Waals surface area contributed by atoms with Crippen LogP contribution in [-0.4, -0.2) is 26.2 Å². The van der Waals surface area contributed by atoms with Crippen molar-refractivity contribution >= 4 is 6.16 Å². The Hall–Kier alpha value is -2.31. The molecule has 0 aliphatic rings. The summed E-state index contributed by atoms with van der Waals surface area (Å²) < 4.78 is 14.8. The van der Waals surface area contributed by atoms with Gasteiger partial charge in [0.25, 0.3) is 0 Å². The maximum absolute atomic E-state index is 11.2. The normalized spacial score (nSPS) is 9.60. The van der Waals surface area contributed by atoms with Crippen molar-refractivity contribution in [3.05, 3.63) is 49.6 Å². The van der Waals surface area contributed by atoms with Crippen LogP contribution in [0.1, 0.15) is 0 Å². The Balaban J connectivity index is 2.30. The van der Waals surface area contributed by atoms with Gasteiger partial charge in [-0.15, -0.1) is 6.58 Å². The van der Waals surface area contributed by atoms with Crippen LogP contribution < -0.4 is 9.47 Å². The molecule has 0 bridgehead atoms. The summed E-state index contributed by atoms with van der Waals surface area (Å²) in [7, 11) is 0. The summed E-state index contributed by atoms with van der Waals surface area (Å²) >= 11 is 0. The molecule has 6 nitrogen and oxygen atoms in total. The molecule has 0 unspecified atom stereocenters. The molecule has 6 heteroatoms. The molecule has 0 saturated carbocycles. The molecule has 0 atom stereocenters. The Morgan fingerprint density at radius 3 is 2.30 bits per heavy atom. The highest BCUT2D eigenvalue weighted by Gasteiger charge is 2.05. The standard InChI is InChI=1S/C14H16O6/c1-3-9-16-14(15)20-13-7-5-12(6-8-13)17-11-19-18-10-4-2/h3-8H,1-2,9-11H2. The monoisotopic (exact) mass is 280 g/mol. The van der Waals surface area contributed by atoms with E-state index in [1.165, 1.54) is 6.08 Å². The summed E-state index contributed by atoms with van der Waals surface area (Å²) in [6.45, 7) is 7.21. The molecule has 20 heavy (non-hydrogen) atoms. The lowest BCUT2D eigenvalue weighted by molar-refractivity contribution is -0.315. The second-order valence-electron chi connectivity index (χ2n) is 3.38. The summed E-state index contributed by atoms with van der Waals surface area (Å²) in [5.74, 6) is 0.884. The fourth-order valence-corrected chi connectivity index (χ4v) is 1.08. The second-order valence-corrected chi connectivity index (χ2v) is 3.38. The van der Waals surface area contributed by atoms with E-state index in [0.717, 1.165) is 0 Å². The molecule has 1 aromatic rings. The van der Waals surface area contributed by atoms with Gasteiger partial charge in [0.15, 0.2) is 0 Å². The van der Waals surface area contributed by atoms with E-state index in [1.54, 1.807) is 30.3 Å². The molecule has 0 N–H and O–H groups in total. The number of hydrogen-bond donors (Lipinski definition) is 0. The molecular weight excluding hydrogens is 264 g/mol. The quantitative estimate of drug-likeness (QED) is 0.132. The summed E-state index contributed by atoms with van der Waals surface area (Å²) in [5, 5.41) is 0. The fraction of sp³-hybridized carbons (Fsp3) is 0.214. The van der Waals surface area contributed by atoms with Crippen LogP contribution in [0.15, 0.2) is 49.6 Å². The average molecular weight is 280 g/mol. The molecule has 1 rings (SSSR count). The predicted molar refractivity (Wildman–Crippen MR) is 71.3 cm³/mol. The minimum atomic E-state index is -0.792. The third kappa shape index (κ3) is 6.58. The number of rotatable bonds is 9. The van der Waals surface area contributed by atoms with Crippen LogP contribution in [0.2, 0.25) is 0 Å². The number of carbonyl (C=O) groups excluding carboxylic acids is 1. The zero-order valence-electron chi connectivity index (χ0n) is 10.9. The van der Waals surface area contributed by atoms with E-state index < -0.39 is 6.16 Å².